The number of aromatic nitrogens is 1. The number of hydrogen-bond acceptors (Lipinski definition) is 8. The molecule has 1 aromatic carbocycles. The molecule has 0 amide bonds. The highest BCUT2D eigenvalue weighted by Gasteiger charge is 2.33. The molecule has 0 aliphatic rings. The number of nitrogens with two attached hydrogens (primary N) is 1. The van der Waals surface area contributed by atoms with Crippen LogP contribution in [0.2, 0.25) is 0 Å². The molecule has 0 saturated heterocycles. The van der Waals surface area contributed by atoms with Crippen molar-refractivity contribution in [3.63, 3.8) is 0 Å². The summed E-state index contributed by atoms with van der Waals surface area (Å²) in [6.45, 7) is 7.13. The van der Waals surface area contributed by atoms with Crippen LogP contribution in [-0.2, 0) is 34.6 Å². The highest BCUT2D eigenvalue weighted by atomic mass is 31.2. The molecule has 1 heterocycles. The summed E-state index contributed by atoms with van der Waals surface area (Å²) in [5, 5.41) is 6.45. The van der Waals surface area contributed by atoms with Gasteiger partial charge in [-0.2, -0.15) is 0 Å². The van der Waals surface area contributed by atoms with Crippen molar-refractivity contribution in [2.24, 2.45) is 5.73 Å². The number of unbranched alkanes of at least 4 members (excludes halogenated alkanes) is 1. The van der Waals surface area contributed by atoms with Crippen LogP contribution in [0.1, 0.15) is 52.5 Å². The van der Waals surface area contributed by atoms with Crippen LogP contribution >= 0.6 is 7.75 Å². The molecule has 6 N–H and O–H groups in total. The number of carbonyl (C=O) groups excluding carboxylic acids is 2. The minimum atomic E-state index is -4.33. The Bertz CT molecular complexity index is 1060. The van der Waals surface area contributed by atoms with Gasteiger partial charge >= 0.3 is 19.7 Å². The molecule has 0 spiro atoms. The van der Waals surface area contributed by atoms with Crippen molar-refractivity contribution >= 4 is 36.4 Å². The number of carbonyl (C=O) groups is 2. The first-order valence-electron chi connectivity index (χ1n) is 12.1. The van der Waals surface area contributed by atoms with Crippen LogP contribution in [0.4, 0.5) is 5.82 Å². The Balaban J connectivity index is 2.46. The fourth-order valence-corrected chi connectivity index (χ4v) is 5.03. The Kier molecular flexibility index (Phi) is 11.4. The standard InChI is InChI=1S/C24H39N4O7P/c1-15(2)34-24(30)21(28-36(31,32)35-16(3)4)14-18-17-10-6-7-11-19(17)26-22(18)27-20(23(29)33-5)12-8-9-13-25/h6-7,10-11,15-16,20-21,26-27H,8-9,12-14,25H2,1-5H3,(H2,28,31,32)/t20-,21-/m0/s1. The molecule has 0 saturated carbocycles. The van der Waals surface area contributed by atoms with Gasteiger partial charge in [0.25, 0.3) is 0 Å². The maximum Gasteiger partial charge on any atom is 0.403 e. The molecule has 36 heavy (non-hydrogen) atoms. The summed E-state index contributed by atoms with van der Waals surface area (Å²) < 4.78 is 28.1. The lowest BCUT2D eigenvalue weighted by Gasteiger charge is -2.24. The van der Waals surface area contributed by atoms with Crippen LogP contribution < -0.4 is 16.1 Å². The van der Waals surface area contributed by atoms with Crippen molar-refractivity contribution in [3.05, 3.63) is 29.8 Å². The summed E-state index contributed by atoms with van der Waals surface area (Å²) in [6, 6.07) is 5.57. The first kappa shape index (κ1) is 29.8. The van der Waals surface area contributed by atoms with Crippen molar-refractivity contribution < 1.29 is 33.0 Å². The first-order valence-corrected chi connectivity index (χ1v) is 13.7. The van der Waals surface area contributed by atoms with Crippen LogP contribution in [0, 0.1) is 0 Å². The second-order valence-electron chi connectivity index (χ2n) is 9.07. The van der Waals surface area contributed by atoms with E-state index in [4.69, 9.17) is 19.7 Å². The van der Waals surface area contributed by atoms with Crippen LogP contribution in [-0.4, -0.2) is 59.8 Å². The number of para-hydroxylation sites is 1. The average Bonchev–Trinajstić information content (AvgIpc) is 3.13. The summed E-state index contributed by atoms with van der Waals surface area (Å²) in [6.07, 6.45) is 0.963. The number of fused-ring (bicyclic) bond motifs is 1. The predicted octanol–water partition coefficient (Wildman–Crippen LogP) is 3.23. The van der Waals surface area contributed by atoms with Gasteiger partial charge in [0.2, 0.25) is 0 Å². The molecule has 12 heteroatoms. The van der Waals surface area contributed by atoms with Crippen LogP contribution in [0.5, 0.6) is 0 Å². The van der Waals surface area contributed by atoms with Gasteiger partial charge in [-0.25, -0.2) is 14.4 Å². The van der Waals surface area contributed by atoms with Crippen LogP contribution in [0.15, 0.2) is 24.3 Å². The lowest BCUT2D eigenvalue weighted by atomic mass is 10.0. The van der Waals surface area contributed by atoms with Gasteiger partial charge in [0, 0.05) is 22.9 Å². The van der Waals surface area contributed by atoms with Gasteiger partial charge in [0.15, 0.2) is 0 Å². The largest absolute Gasteiger partial charge is 0.467 e. The lowest BCUT2D eigenvalue weighted by Crippen LogP contribution is -2.40. The zero-order valence-corrected chi connectivity index (χ0v) is 22.5. The van der Waals surface area contributed by atoms with E-state index in [9.17, 15) is 19.0 Å². The normalized spacial score (nSPS) is 15.0. The summed E-state index contributed by atoms with van der Waals surface area (Å²) in [5.41, 5.74) is 7.01. The maximum atomic E-state index is 13.0. The Morgan fingerprint density at radius 1 is 1.08 bits per heavy atom. The topological polar surface area (TPSA) is 165 Å². The van der Waals surface area contributed by atoms with E-state index in [0.29, 0.717) is 30.8 Å². The fourth-order valence-electron chi connectivity index (χ4n) is 3.81. The number of hydrogen-bond donors (Lipinski definition) is 5. The van der Waals surface area contributed by atoms with Gasteiger partial charge < -0.3 is 30.4 Å². The number of ether oxygens (including phenoxy) is 2. The SMILES string of the molecule is COC(=O)[C@H](CCCCN)Nc1[nH]c2ccccc2c1C[C@H](NP(=O)(O)OC(C)C)C(=O)OC(C)C. The number of anilines is 1. The van der Waals surface area contributed by atoms with Gasteiger partial charge in [-0.05, 0) is 59.6 Å². The third-order valence-electron chi connectivity index (χ3n) is 5.28. The van der Waals surface area contributed by atoms with Gasteiger partial charge in [0.05, 0.1) is 19.3 Å². The van der Waals surface area contributed by atoms with E-state index < -0.39 is 44.0 Å². The van der Waals surface area contributed by atoms with Crippen molar-refractivity contribution in [1.82, 2.24) is 10.1 Å². The Hall–Kier alpha value is -2.43. The number of esters is 2. The first-order chi connectivity index (χ1) is 17.0. The molecule has 0 aliphatic heterocycles. The summed E-state index contributed by atoms with van der Waals surface area (Å²) >= 11 is 0. The Morgan fingerprint density at radius 3 is 2.39 bits per heavy atom. The van der Waals surface area contributed by atoms with Crippen molar-refractivity contribution in [2.45, 2.75) is 77.7 Å². The van der Waals surface area contributed by atoms with E-state index in [0.717, 1.165) is 17.3 Å². The lowest BCUT2D eigenvalue weighted by molar-refractivity contribution is -0.149. The van der Waals surface area contributed by atoms with E-state index in [1.165, 1.54) is 7.11 Å². The molecule has 1 unspecified atom stereocenters. The van der Waals surface area contributed by atoms with Crippen molar-refractivity contribution in [1.29, 1.82) is 0 Å². The molecule has 1 aromatic heterocycles. The molecule has 3 atom stereocenters. The average molecular weight is 527 g/mol. The van der Waals surface area contributed by atoms with Crippen molar-refractivity contribution in [3.8, 4) is 0 Å². The summed E-state index contributed by atoms with van der Waals surface area (Å²) in [4.78, 5) is 39.0. The van der Waals surface area contributed by atoms with Gasteiger partial charge in [-0.15, -0.1) is 0 Å². The molecule has 0 fully saturated rings. The zero-order valence-electron chi connectivity index (χ0n) is 21.6. The Labute approximate surface area is 212 Å². The molecule has 2 rings (SSSR count). The molecule has 0 bridgehead atoms. The van der Waals surface area contributed by atoms with E-state index in [1.807, 2.05) is 24.3 Å². The van der Waals surface area contributed by atoms with E-state index in [2.05, 4.69) is 15.4 Å². The maximum absolute atomic E-state index is 13.0. The zero-order chi connectivity index (χ0) is 26.9. The van der Waals surface area contributed by atoms with E-state index >= 15 is 0 Å². The van der Waals surface area contributed by atoms with E-state index in [-0.39, 0.29) is 6.42 Å². The molecule has 202 valence electrons. The highest BCUT2D eigenvalue weighted by Crippen LogP contribution is 2.40. The van der Waals surface area contributed by atoms with Gasteiger partial charge in [-0.1, -0.05) is 18.2 Å². The number of aromatic amines is 1. The number of benzene rings is 1. The predicted molar refractivity (Wildman–Crippen MR) is 139 cm³/mol. The number of nitrogens with one attached hydrogen (secondary N) is 3. The number of rotatable bonds is 15. The summed E-state index contributed by atoms with van der Waals surface area (Å²) in [5.74, 6) is -0.632. The van der Waals surface area contributed by atoms with Crippen LogP contribution in [0.3, 0.4) is 0 Å². The molecular formula is C24H39N4O7P. The second kappa shape index (κ2) is 13.8. The molecule has 2 aromatic rings. The van der Waals surface area contributed by atoms with Gasteiger partial charge in [-0.3, -0.25) is 9.32 Å². The molecular weight excluding hydrogens is 487 g/mol. The number of H-pyrrole nitrogens is 1. The molecule has 0 aliphatic carbocycles. The highest BCUT2D eigenvalue weighted by molar-refractivity contribution is 7.50. The van der Waals surface area contributed by atoms with E-state index in [1.54, 1.807) is 27.7 Å². The van der Waals surface area contributed by atoms with Crippen LogP contribution in [0.25, 0.3) is 10.9 Å². The quantitative estimate of drug-likeness (QED) is 0.132. The third kappa shape index (κ3) is 8.90. The Morgan fingerprint density at radius 2 is 1.78 bits per heavy atom. The van der Waals surface area contributed by atoms with Gasteiger partial charge in [0.1, 0.15) is 17.9 Å². The number of methoxy groups -OCH3 is 1. The molecule has 0 radical (unpaired) electrons. The monoisotopic (exact) mass is 526 g/mol. The summed E-state index contributed by atoms with van der Waals surface area (Å²) in [7, 11) is -3.01. The third-order valence-corrected chi connectivity index (χ3v) is 6.63. The minimum Gasteiger partial charge on any atom is -0.467 e. The molecule has 11 nitrogen and oxygen atoms in total. The smallest absolute Gasteiger partial charge is 0.403 e. The van der Waals surface area contributed by atoms with Crippen molar-refractivity contribution in [2.75, 3.05) is 19.0 Å². The fraction of sp³-hybridized carbons (Fsp3) is 0.583. The minimum absolute atomic E-state index is 0.0133. The second-order valence-corrected chi connectivity index (χ2v) is 10.6.